The minimum atomic E-state index is -4.39. The number of nitrogens with zero attached hydrogens (tertiary/aromatic N) is 2. The molecule has 2 N–H and O–H groups in total. The van der Waals surface area contributed by atoms with Crippen LogP contribution in [0, 0.1) is 0 Å². The van der Waals surface area contributed by atoms with Crippen molar-refractivity contribution in [2.45, 2.75) is 12.7 Å². The number of hydrogen-bond acceptors (Lipinski definition) is 5. The second-order valence-electron chi connectivity index (χ2n) is 5.24. The van der Waals surface area contributed by atoms with Gasteiger partial charge in [-0.3, -0.25) is 9.59 Å². The van der Waals surface area contributed by atoms with Gasteiger partial charge in [0.1, 0.15) is 12.2 Å². The number of benzene rings is 1. The van der Waals surface area contributed by atoms with E-state index in [1.165, 1.54) is 37.4 Å². The highest BCUT2D eigenvalue weighted by Gasteiger charge is 2.27. The molecule has 0 unspecified atom stereocenters. The zero-order chi connectivity index (χ0) is 19.2. The summed E-state index contributed by atoms with van der Waals surface area (Å²) in [5, 5.41) is 8.65. The lowest BCUT2D eigenvalue weighted by Gasteiger charge is -2.14. The number of ether oxygens (including phenoxy) is 1. The van der Waals surface area contributed by atoms with Crippen LogP contribution in [0.2, 0.25) is 0 Å². The van der Waals surface area contributed by atoms with E-state index in [1.54, 1.807) is 6.07 Å². The molecule has 0 saturated carbocycles. The first-order valence-corrected chi connectivity index (χ1v) is 7.58. The number of rotatable bonds is 7. The molecule has 0 aliphatic heterocycles. The van der Waals surface area contributed by atoms with Gasteiger partial charge >= 0.3 is 6.18 Å². The third-order valence-corrected chi connectivity index (χ3v) is 3.26. The number of nitrogens with one attached hydrogen (secondary N) is 2. The maximum atomic E-state index is 12.4. The Hall–Kier alpha value is -2.88. The number of anilines is 2. The van der Waals surface area contributed by atoms with Gasteiger partial charge in [-0.05, 0) is 18.2 Å². The largest absolute Gasteiger partial charge is 0.405 e. The van der Waals surface area contributed by atoms with Crippen LogP contribution in [0.15, 0.2) is 41.2 Å². The van der Waals surface area contributed by atoms with Gasteiger partial charge in [0.05, 0.1) is 24.5 Å². The van der Waals surface area contributed by atoms with E-state index < -0.39 is 24.2 Å². The van der Waals surface area contributed by atoms with Crippen molar-refractivity contribution in [2.75, 3.05) is 30.9 Å². The number of halogens is 3. The molecule has 0 aliphatic rings. The fourth-order valence-electron chi connectivity index (χ4n) is 2.04. The summed E-state index contributed by atoms with van der Waals surface area (Å²) in [4.78, 5) is 24.0. The fourth-order valence-corrected chi connectivity index (χ4v) is 2.04. The maximum absolute atomic E-state index is 12.4. The number of alkyl halides is 3. The first kappa shape index (κ1) is 19.4. The van der Waals surface area contributed by atoms with E-state index in [4.69, 9.17) is 4.74 Å². The van der Waals surface area contributed by atoms with Gasteiger partial charge in [-0.1, -0.05) is 12.1 Å². The third kappa shape index (κ3) is 5.59. The SMILES string of the molecule is COCCn1nc(C(=O)Nc2ccccc2NCC(F)(F)F)ccc1=O. The summed E-state index contributed by atoms with van der Waals surface area (Å²) in [7, 11) is 1.46. The zero-order valence-corrected chi connectivity index (χ0v) is 13.8. The molecule has 0 fully saturated rings. The van der Waals surface area contributed by atoms with Crippen LogP contribution in [0.1, 0.15) is 10.5 Å². The lowest BCUT2D eigenvalue weighted by atomic mass is 10.2. The monoisotopic (exact) mass is 370 g/mol. The molecule has 0 bridgehead atoms. The van der Waals surface area contributed by atoms with Crippen molar-refractivity contribution in [2.24, 2.45) is 0 Å². The van der Waals surface area contributed by atoms with Crippen LogP contribution in [0.25, 0.3) is 0 Å². The minimum Gasteiger partial charge on any atom is -0.383 e. The van der Waals surface area contributed by atoms with Gasteiger partial charge in [-0.25, -0.2) is 4.68 Å². The lowest BCUT2D eigenvalue weighted by molar-refractivity contribution is -0.115. The molecule has 2 aromatic rings. The molecule has 10 heteroatoms. The smallest absolute Gasteiger partial charge is 0.383 e. The van der Waals surface area contributed by atoms with E-state index in [2.05, 4.69) is 15.7 Å². The first-order chi connectivity index (χ1) is 12.3. The van der Waals surface area contributed by atoms with Crippen molar-refractivity contribution in [3.8, 4) is 0 Å². The van der Waals surface area contributed by atoms with E-state index in [0.717, 1.165) is 4.68 Å². The Morgan fingerprint density at radius 1 is 1.19 bits per heavy atom. The molecular weight excluding hydrogens is 353 g/mol. The fraction of sp³-hybridized carbons (Fsp3) is 0.312. The molecule has 0 saturated heterocycles. The highest BCUT2D eigenvalue weighted by Crippen LogP contribution is 2.23. The van der Waals surface area contributed by atoms with Gasteiger partial charge in [0.2, 0.25) is 0 Å². The van der Waals surface area contributed by atoms with E-state index >= 15 is 0 Å². The topological polar surface area (TPSA) is 85.2 Å². The number of aromatic nitrogens is 2. The van der Waals surface area contributed by atoms with Crippen LogP contribution < -0.4 is 16.2 Å². The predicted octanol–water partition coefficient (Wildman–Crippen LogP) is 2.12. The van der Waals surface area contributed by atoms with E-state index in [-0.39, 0.29) is 30.2 Å². The molecule has 1 aromatic heterocycles. The Balaban J connectivity index is 2.16. The Kier molecular flexibility index (Phi) is 6.34. The third-order valence-electron chi connectivity index (χ3n) is 3.26. The van der Waals surface area contributed by atoms with Crippen molar-refractivity contribution < 1.29 is 22.7 Å². The summed E-state index contributed by atoms with van der Waals surface area (Å²) >= 11 is 0. The van der Waals surface area contributed by atoms with Crippen LogP contribution >= 0.6 is 0 Å². The van der Waals surface area contributed by atoms with Crippen molar-refractivity contribution in [3.63, 3.8) is 0 Å². The number of carbonyl (C=O) groups excluding carboxylic acids is 1. The first-order valence-electron chi connectivity index (χ1n) is 7.58. The average molecular weight is 370 g/mol. The van der Waals surface area contributed by atoms with Gasteiger partial charge in [-0.15, -0.1) is 0 Å². The summed E-state index contributed by atoms with van der Waals surface area (Å²) in [6.07, 6.45) is -4.39. The molecule has 140 valence electrons. The van der Waals surface area contributed by atoms with E-state index in [1.807, 2.05) is 0 Å². The van der Waals surface area contributed by atoms with E-state index in [0.29, 0.717) is 0 Å². The molecule has 0 atom stereocenters. The molecule has 2 rings (SSSR count). The van der Waals surface area contributed by atoms with Gasteiger partial charge in [0.25, 0.3) is 11.5 Å². The average Bonchev–Trinajstić information content (AvgIpc) is 2.59. The summed E-state index contributed by atoms with van der Waals surface area (Å²) in [6.45, 7) is -0.831. The Morgan fingerprint density at radius 2 is 1.88 bits per heavy atom. The van der Waals surface area contributed by atoms with E-state index in [9.17, 15) is 22.8 Å². The standard InChI is InChI=1S/C16H17F3N4O3/c1-26-9-8-23-14(24)7-6-13(22-23)15(25)21-12-5-3-2-4-11(12)20-10-16(17,18)19/h2-7,20H,8-10H2,1H3,(H,21,25). The highest BCUT2D eigenvalue weighted by molar-refractivity contribution is 6.04. The number of para-hydroxylation sites is 2. The molecule has 26 heavy (non-hydrogen) atoms. The van der Waals surface area contributed by atoms with Gasteiger partial charge < -0.3 is 15.4 Å². The predicted molar refractivity (Wildman–Crippen MR) is 89.3 cm³/mol. The Morgan fingerprint density at radius 3 is 2.54 bits per heavy atom. The van der Waals surface area contributed by atoms with Crippen LogP contribution in [-0.4, -0.2) is 42.1 Å². The van der Waals surface area contributed by atoms with Crippen molar-refractivity contribution in [1.82, 2.24) is 9.78 Å². The van der Waals surface area contributed by atoms with Gasteiger partial charge in [-0.2, -0.15) is 18.3 Å². The normalized spacial score (nSPS) is 11.2. The van der Waals surface area contributed by atoms with Crippen molar-refractivity contribution in [1.29, 1.82) is 0 Å². The second-order valence-corrected chi connectivity index (χ2v) is 5.24. The van der Waals surface area contributed by atoms with Crippen LogP contribution in [0.3, 0.4) is 0 Å². The molecule has 1 amide bonds. The quantitative estimate of drug-likeness (QED) is 0.780. The number of hydrogen-bond donors (Lipinski definition) is 2. The summed E-state index contributed by atoms with van der Waals surface area (Å²) in [5.74, 6) is -0.655. The maximum Gasteiger partial charge on any atom is 0.405 e. The van der Waals surface area contributed by atoms with Crippen LogP contribution in [0.4, 0.5) is 24.5 Å². The van der Waals surface area contributed by atoms with Crippen LogP contribution in [0.5, 0.6) is 0 Å². The number of carbonyl (C=O) groups is 1. The minimum absolute atomic E-state index is 0.0497. The number of methoxy groups -OCH3 is 1. The molecule has 1 aromatic carbocycles. The van der Waals surface area contributed by atoms with Gasteiger partial charge in [0.15, 0.2) is 0 Å². The van der Waals surface area contributed by atoms with Crippen molar-refractivity contribution in [3.05, 3.63) is 52.4 Å². The zero-order valence-electron chi connectivity index (χ0n) is 13.8. The number of amides is 1. The van der Waals surface area contributed by atoms with Gasteiger partial charge in [0, 0.05) is 13.2 Å². The molecule has 0 radical (unpaired) electrons. The molecule has 0 spiro atoms. The summed E-state index contributed by atoms with van der Waals surface area (Å²) in [6, 6.07) is 8.41. The summed E-state index contributed by atoms with van der Waals surface area (Å²) in [5.41, 5.74) is -0.166. The molecular formula is C16H17F3N4O3. The second kappa shape index (κ2) is 8.48. The molecule has 7 nitrogen and oxygen atoms in total. The lowest BCUT2D eigenvalue weighted by Crippen LogP contribution is -2.27. The molecule has 1 heterocycles. The Labute approximate surface area is 146 Å². The highest BCUT2D eigenvalue weighted by atomic mass is 19.4. The Bertz CT molecular complexity index is 821. The van der Waals surface area contributed by atoms with Crippen molar-refractivity contribution >= 4 is 17.3 Å². The van der Waals surface area contributed by atoms with Crippen LogP contribution in [-0.2, 0) is 11.3 Å². The summed E-state index contributed by atoms with van der Waals surface area (Å²) < 4.78 is 43.1. The molecule has 0 aliphatic carbocycles.